The third kappa shape index (κ3) is 4.66. The minimum Gasteiger partial charge on any atom is -0.351 e. The minimum atomic E-state index is -1.24. The molecule has 0 aliphatic rings. The van der Waals surface area contributed by atoms with Crippen molar-refractivity contribution in [1.29, 1.82) is 0 Å². The van der Waals surface area contributed by atoms with Crippen molar-refractivity contribution < 1.29 is 14.0 Å². The van der Waals surface area contributed by atoms with Gasteiger partial charge in [0.1, 0.15) is 11.2 Å². The Hall–Kier alpha value is -2.69. The van der Waals surface area contributed by atoms with Crippen LogP contribution in [0, 0.1) is 11.2 Å². The van der Waals surface area contributed by atoms with Crippen LogP contribution in [-0.4, -0.2) is 11.8 Å². The predicted molar refractivity (Wildman–Crippen MR) is 96.5 cm³/mol. The number of nitrogens with one attached hydrogen (secondary N) is 2. The van der Waals surface area contributed by atoms with Gasteiger partial charge in [0.25, 0.3) is 0 Å². The Kier molecular flexibility index (Phi) is 5.91. The molecule has 25 heavy (non-hydrogen) atoms. The number of aryl methyl sites for hydroxylation is 1. The van der Waals surface area contributed by atoms with E-state index in [4.69, 9.17) is 0 Å². The van der Waals surface area contributed by atoms with Gasteiger partial charge in [-0.05, 0) is 49.6 Å². The summed E-state index contributed by atoms with van der Waals surface area (Å²) in [6, 6.07) is 13.4. The highest BCUT2D eigenvalue weighted by atomic mass is 19.1. The van der Waals surface area contributed by atoms with Crippen LogP contribution in [0.15, 0.2) is 48.5 Å². The highest BCUT2D eigenvalue weighted by Gasteiger charge is 2.36. The molecule has 0 fully saturated rings. The Bertz CT molecular complexity index is 755. The summed E-state index contributed by atoms with van der Waals surface area (Å²) in [5.74, 6) is -1.09. The lowest BCUT2D eigenvalue weighted by Gasteiger charge is -2.23. The maximum Gasteiger partial charge on any atom is 0.239 e. The van der Waals surface area contributed by atoms with Crippen molar-refractivity contribution in [2.24, 2.45) is 5.41 Å². The van der Waals surface area contributed by atoms with Gasteiger partial charge in [0, 0.05) is 12.2 Å². The fourth-order valence-electron chi connectivity index (χ4n) is 2.34. The Morgan fingerprint density at radius 3 is 2.28 bits per heavy atom. The summed E-state index contributed by atoms with van der Waals surface area (Å²) >= 11 is 0. The van der Waals surface area contributed by atoms with Crippen LogP contribution < -0.4 is 10.6 Å². The fraction of sp³-hybridized carbons (Fsp3) is 0.300. The van der Waals surface area contributed by atoms with Crippen molar-refractivity contribution in [2.45, 2.75) is 33.7 Å². The van der Waals surface area contributed by atoms with E-state index in [1.54, 1.807) is 26.0 Å². The second-order valence-corrected chi connectivity index (χ2v) is 6.40. The number of anilines is 1. The van der Waals surface area contributed by atoms with Crippen molar-refractivity contribution >= 4 is 17.5 Å². The van der Waals surface area contributed by atoms with Gasteiger partial charge in [0.15, 0.2) is 0 Å². The minimum absolute atomic E-state index is 0.237. The summed E-state index contributed by atoms with van der Waals surface area (Å²) in [7, 11) is 0. The Balaban J connectivity index is 2.01. The highest BCUT2D eigenvalue weighted by Crippen LogP contribution is 2.22. The van der Waals surface area contributed by atoms with E-state index in [2.05, 4.69) is 10.6 Å². The molecule has 0 aliphatic carbocycles. The van der Waals surface area contributed by atoms with E-state index < -0.39 is 5.41 Å². The number of carbonyl (C=O) groups excluding carboxylic acids is 2. The smallest absolute Gasteiger partial charge is 0.239 e. The summed E-state index contributed by atoms with van der Waals surface area (Å²) < 4.78 is 12.9. The van der Waals surface area contributed by atoms with Gasteiger partial charge in [0.05, 0.1) is 0 Å². The number of carbonyl (C=O) groups is 2. The van der Waals surface area contributed by atoms with Crippen LogP contribution in [0.2, 0.25) is 0 Å². The molecule has 132 valence electrons. The average molecular weight is 342 g/mol. The number of hydrogen-bond acceptors (Lipinski definition) is 2. The van der Waals surface area contributed by atoms with E-state index in [-0.39, 0.29) is 24.2 Å². The third-order valence-electron chi connectivity index (χ3n) is 4.15. The molecule has 0 saturated carbocycles. The van der Waals surface area contributed by atoms with Crippen LogP contribution in [0.3, 0.4) is 0 Å². The molecule has 2 N–H and O–H groups in total. The topological polar surface area (TPSA) is 58.2 Å². The summed E-state index contributed by atoms with van der Waals surface area (Å²) in [5.41, 5.74) is 1.26. The van der Waals surface area contributed by atoms with Crippen molar-refractivity contribution in [3.8, 4) is 0 Å². The summed E-state index contributed by atoms with van der Waals surface area (Å²) in [6.45, 7) is 5.40. The zero-order valence-electron chi connectivity index (χ0n) is 14.7. The average Bonchev–Trinajstić information content (AvgIpc) is 2.61. The molecule has 0 aliphatic heterocycles. The maximum atomic E-state index is 12.9. The standard InChI is InChI=1S/C20H23FN2O2/c1-4-15-7-5-6-8-17(15)23-19(25)20(2,3)18(24)22-13-14-9-11-16(21)12-10-14/h5-12H,4,13H2,1-3H3,(H,22,24)(H,23,25). The quantitative estimate of drug-likeness (QED) is 0.787. The van der Waals surface area contributed by atoms with Crippen LogP contribution >= 0.6 is 0 Å². The maximum absolute atomic E-state index is 12.9. The van der Waals surface area contributed by atoms with Gasteiger partial charge in [-0.15, -0.1) is 0 Å². The van der Waals surface area contributed by atoms with E-state index in [9.17, 15) is 14.0 Å². The zero-order chi connectivity index (χ0) is 18.4. The van der Waals surface area contributed by atoms with Crippen molar-refractivity contribution in [2.75, 3.05) is 5.32 Å². The lowest BCUT2D eigenvalue weighted by Crippen LogP contribution is -2.45. The molecule has 0 aromatic heterocycles. The summed E-state index contributed by atoms with van der Waals surface area (Å²) in [5, 5.41) is 5.57. The highest BCUT2D eigenvalue weighted by molar-refractivity contribution is 6.10. The van der Waals surface area contributed by atoms with E-state index in [1.807, 2.05) is 31.2 Å². The largest absolute Gasteiger partial charge is 0.351 e. The van der Waals surface area contributed by atoms with Gasteiger partial charge >= 0.3 is 0 Å². The lowest BCUT2D eigenvalue weighted by atomic mass is 9.90. The first-order valence-electron chi connectivity index (χ1n) is 8.26. The first-order valence-corrected chi connectivity index (χ1v) is 8.26. The van der Waals surface area contributed by atoms with Gasteiger partial charge in [-0.2, -0.15) is 0 Å². The second kappa shape index (κ2) is 7.92. The second-order valence-electron chi connectivity index (χ2n) is 6.40. The fourth-order valence-corrected chi connectivity index (χ4v) is 2.34. The Labute approximate surface area is 147 Å². The number of benzene rings is 2. The van der Waals surface area contributed by atoms with Gasteiger partial charge < -0.3 is 10.6 Å². The molecule has 0 heterocycles. The number of halogens is 1. The molecule has 2 rings (SSSR count). The molecular weight excluding hydrogens is 319 g/mol. The normalized spacial score (nSPS) is 11.0. The molecule has 0 spiro atoms. The van der Waals surface area contributed by atoms with Crippen molar-refractivity contribution in [3.05, 3.63) is 65.5 Å². The van der Waals surface area contributed by atoms with E-state index >= 15 is 0 Å². The van der Waals surface area contributed by atoms with Gasteiger partial charge in [-0.25, -0.2) is 4.39 Å². The molecule has 5 heteroatoms. The number of rotatable bonds is 6. The zero-order valence-corrected chi connectivity index (χ0v) is 14.7. The number of para-hydroxylation sites is 1. The summed E-state index contributed by atoms with van der Waals surface area (Å²) in [6.07, 6.45) is 0.785. The molecule has 0 bridgehead atoms. The first kappa shape index (κ1) is 18.6. The number of hydrogen-bond donors (Lipinski definition) is 2. The van der Waals surface area contributed by atoms with Gasteiger partial charge in [-0.3, -0.25) is 9.59 Å². The molecule has 0 atom stereocenters. The molecule has 0 unspecified atom stereocenters. The molecule has 4 nitrogen and oxygen atoms in total. The van der Waals surface area contributed by atoms with Crippen molar-refractivity contribution in [1.82, 2.24) is 5.32 Å². The number of amides is 2. The predicted octanol–water partition coefficient (Wildman–Crippen LogP) is 3.67. The van der Waals surface area contributed by atoms with Crippen LogP contribution in [-0.2, 0) is 22.6 Å². The van der Waals surface area contributed by atoms with E-state index in [0.29, 0.717) is 0 Å². The van der Waals surface area contributed by atoms with E-state index in [0.717, 1.165) is 23.2 Å². The van der Waals surface area contributed by atoms with Crippen LogP contribution in [0.5, 0.6) is 0 Å². The SMILES string of the molecule is CCc1ccccc1NC(=O)C(C)(C)C(=O)NCc1ccc(F)cc1. The third-order valence-corrected chi connectivity index (χ3v) is 4.15. The van der Waals surface area contributed by atoms with Crippen molar-refractivity contribution in [3.63, 3.8) is 0 Å². The molecule has 2 aromatic rings. The molecular formula is C20H23FN2O2. The molecule has 0 saturated heterocycles. The van der Waals surface area contributed by atoms with E-state index in [1.165, 1.54) is 12.1 Å². The Morgan fingerprint density at radius 1 is 1.00 bits per heavy atom. The van der Waals surface area contributed by atoms with Gasteiger partial charge in [-0.1, -0.05) is 37.3 Å². The lowest BCUT2D eigenvalue weighted by molar-refractivity contribution is -0.138. The summed E-state index contributed by atoms with van der Waals surface area (Å²) in [4.78, 5) is 25.0. The van der Waals surface area contributed by atoms with Crippen LogP contribution in [0.1, 0.15) is 31.9 Å². The van der Waals surface area contributed by atoms with Gasteiger partial charge in [0.2, 0.25) is 11.8 Å². The molecule has 2 amide bonds. The molecule has 0 radical (unpaired) electrons. The Morgan fingerprint density at radius 2 is 1.64 bits per heavy atom. The van der Waals surface area contributed by atoms with Crippen LogP contribution in [0.25, 0.3) is 0 Å². The molecule has 2 aromatic carbocycles. The first-order chi connectivity index (χ1) is 11.8. The van der Waals surface area contributed by atoms with Crippen LogP contribution in [0.4, 0.5) is 10.1 Å². The monoisotopic (exact) mass is 342 g/mol.